The highest BCUT2D eigenvalue weighted by Crippen LogP contribution is 2.31. The van der Waals surface area contributed by atoms with E-state index in [0.717, 1.165) is 13.8 Å². The number of ether oxygens (including phenoxy) is 3. The van der Waals surface area contributed by atoms with Gasteiger partial charge >= 0.3 is 27.6 Å². The van der Waals surface area contributed by atoms with Gasteiger partial charge in [0.1, 0.15) is 6.10 Å². The molecule has 1 aliphatic rings. The minimum atomic E-state index is -6.06. The summed E-state index contributed by atoms with van der Waals surface area (Å²) in [5, 5.41) is 0. The lowest BCUT2D eigenvalue weighted by atomic mass is 10.00. The second kappa shape index (κ2) is 7.78. The van der Waals surface area contributed by atoms with E-state index in [1.807, 2.05) is 0 Å². The predicted octanol–water partition coefficient (Wildman–Crippen LogP) is 0.749. The molecular formula is C11H13F5O8S. The molecule has 0 aromatic rings. The summed E-state index contributed by atoms with van der Waals surface area (Å²) in [5.74, 6) is -2.21. The van der Waals surface area contributed by atoms with Crippen LogP contribution in [0.1, 0.15) is 13.8 Å². The molecule has 0 unspecified atom stereocenters. The van der Waals surface area contributed by atoms with Crippen molar-refractivity contribution in [3.8, 4) is 0 Å². The Bertz CT molecular complexity index is 606. The summed E-state index contributed by atoms with van der Waals surface area (Å²) in [7, 11) is -6.06. The van der Waals surface area contributed by atoms with Crippen LogP contribution in [0.15, 0.2) is 0 Å². The minimum Gasteiger partial charge on any atom is -0.456 e. The first kappa shape index (κ1) is 21.5. The van der Waals surface area contributed by atoms with Gasteiger partial charge < -0.3 is 14.2 Å². The van der Waals surface area contributed by atoms with Gasteiger partial charge in [0.15, 0.2) is 18.4 Å². The molecule has 146 valence electrons. The van der Waals surface area contributed by atoms with E-state index >= 15 is 0 Å². The van der Waals surface area contributed by atoms with Crippen LogP contribution in [-0.4, -0.2) is 63.3 Å². The van der Waals surface area contributed by atoms with Gasteiger partial charge in [-0.15, -0.1) is 0 Å². The summed E-state index contributed by atoms with van der Waals surface area (Å²) >= 11 is 0. The van der Waals surface area contributed by atoms with E-state index in [-0.39, 0.29) is 0 Å². The predicted molar refractivity (Wildman–Crippen MR) is 66.7 cm³/mol. The Morgan fingerprint density at radius 1 is 1.04 bits per heavy atom. The molecule has 5 atom stereocenters. The van der Waals surface area contributed by atoms with Gasteiger partial charge in [-0.05, 0) is 0 Å². The van der Waals surface area contributed by atoms with E-state index in [1.54, 1.807) is 0 Å². The van der Waals surface area contributed by atoms with E-state index in [0.29, 0.717) is 0 Å². The molecule has 0 aromatic heterocycles. The Hall–Kier alpha value is -1.54. The zero-order valence-corrected chi connectivity index (χ0v) is 13.5. The topological polar surface area (TPSA) is 105 Å². The third kappa shape index (κ3) is 5.47. The second-order valence-electron chi connectivity index (χ2n) is 4.80. The van der Waals surface area contributed by atoms with Gasteiger partial charge in [0.25, 0.3) is 0 Å². The van der Waals surface area contributed by atoms with Gasteiger partial charge in [-0.3, -0.25) is 13.8 Å². The van der Waals surface area contributed by atoms with E-state index in [4.69, 9.17) is 0 Å². The van der Waals surface area contributed by atoms with E-state index in [1.165, 1.54) is 0 Å². The molecule has 1 saturated heterocycles. The lowest BCUT2D eigenvalue weighted by Crippen LogP contribution is -2.59. The SMILES string of the molecule is CC(=O)O[C@@H]1[C@@H](F)[C@H](F)O[C@H](COS(=O)(=O)C(F)(F)F)[C@H]1OC(C)=O. The summed E-state index contributed by atoms with van der Waals surface area (Å²) < 4.78 is 103. The summed E-state index contributed by atoms with van der Waals surface area (Å²) in [4.78, 5) is 22.0. The Morgan fingerprint density at radius 3 is 1.96 bits per heavy atom. The van der Waals surface area contributed by atoms with E-state index in [2.05, 4.69) is 18.4 Å². The first-order chi connectivity index (χ1) is 11.3. The Kier molecular flexibility index (Phi) is 6.69. The molecule has 1 rings (SSSR count). The lowest BCUT2D eigenvalue weighted by Gasteiger charge is -2.39. The van der Waals surface area contributed by atoms with Crippen molar-refractivity contribution in [3.63, 3.8) is 0 Å². The van der Waals surface area contributed by atoms with Crippen LogP contribution in [-0.2, 0) is 38.1 Å². The minimum absolute atomic E-state index is 0.819. The maximum atomic E-state index is 13.8. The number of carbonyl (C=O) groups excluding carboxylic acids is 2. The Balaban J connectivity index is 3.04. The summed E-state index contributed by atoms with van der Waals surface area (Å²) in [6.07, 6.45) is -11.4. The molecule has 0 N–H and O–H groups in total. The van der Waals surface area contributed by atoms with Crippen molar-refractivity contribution in [2.24, 2.45) is 0 Å². The number of alkyl halides is 5. The van der Waals surface area contributed by atoms with Gasteiger partial charge in [-0.2, -0.15) is 21.6 Å². The lowest BCUT2D eigenvalue weighted by molar-refractivity contribution is -0.257. The number of rotatable bonds is 5. The fourth-order valence-electron chi connectivity index (χ4n) is 1.88. The van der Waals surface area contributed by atoms with Crippen molar-refractivity contribution >= 4 is 22.1 Å². The van der Waals surface area contributed by atoms with Crippen molar-refractivity contribution in [1.29, 1.82) is 0 Å². The highest BCUT2D eigenvalue weighted by molar-refractivity contribution is 7.87. The third-order valence-electron chi connectivity index (χ3n) is 2.83. The van der Waals surface area contributed by atoms with Crippen LogP contribution in [0, 0.1) is 0 Å². The zero-order chi connectivity index (χ0) is 19.6. The molecule has 0 spiro atoms. The molecule has 0 aromatic carbocycles. The van der Waals surface area contributed by atoms with Gasteiger partial charge in [0, 0.05) is 13.8 Å². The third-order valence-corrected chi connectivity index (χ3v) is 3.85. The Labute approximate surface area is 138 Å². The van der Waals surface area contributed by atoms with Crippen molar-refractivity contribution in [1.82, 2.24) is 0 Å². The number of esters is 2. The van der Waals surface area contributed by atoms with E-state index < -0.39 is 65.0 Å². The number of hydrogen-bond donors (Lipinski definition) is 0. The maximum absolute atomic E-state index is 13.8. The summed E-state index contributed by atoms with van der Waals surface area (Å²) in [6.45, 7) is 0.175. The quantitative estimate of drug-likeness (QED) is 0.288. The van der Waals surface area contributed by atoms with Crippen LogP contribution in [0.3, 0.4) is 0 Å². The maximum Gasteiger partial charge on any atom is 0.523 e. The average Bonchev–Trinajstić information content (AvgIpc) is 2.43. The van der Waals surface area contributed by atoms with Crippen molar-refractivity contribution in [3.05, 3.63) is 0 Å². The molecule has 0 aliphatic carbocycles. The van der Waals surface area contributed by atoms with Gasteiger partial charge in [-0.25, -0.2) is 8.78 Å². The molecule has 0 radical (unpaired) electrons. The van der Waals surface area contributed by atoms with Crippen LogP contribution < -0.4 is 0 Å². The largest absolute Gasteiger partial charge is 0.523 e. The van der Waals surface area contributed by atoms with Crippen LogP contribution in [0.4, 0.5) is 22.0 Å². The molecule has 1 fully saturated rings. The van der Waals surface area contributed by atoms with Crippen LogP contribution in [0.25, 0.3) is 0 Å². The molecule has 1 aliphatic heterocycles. The van der Waals surface area contributed by atoms with Crippen molar-refractivity contribution < 1.29 is 58.4 Å². The molecule has 25 heavy (non-hydrogen) atoms. The van der Waals surface area contributed by atoms with Crippen LogP contribution >= 0.6 is 0 Å². The molecule has 0 amide bonds. The number of hydrogen-bond acceptors (Lipinski definition) is 8. The highest BCUT2D eigenvalue weighted by Gasteiger charge is 2.53. The fourth-order valence-corrected chi connectivity index (χ4v) is 2.32. The van der Waals surface area contributed by atoms with Crippen molar-refractivity contribution in [2.45, 2.75) is 50.2 Å². The molecule has 14 heteroatoms. The smallest absolute Gasteiger partial charge is 0.456 e. The summed E-state index contributed by atoms with van der Waals surface area (Å²) in [5.41, 5.74) is -5.77. The van der Waals surface area contributed by atoms with Crippen LogP contribution in [0.2, 0.25) is 0 Å². The monoisotopic (exact) mass is 400 g/mol. The van der Waals surface area contributed by atoms with Gasteiger partial charge in [-0.1, -0.05) is 0 Å². The van der Waals surface area contributed by atoms with Crippen molar-refractivity contribution in [2.75, 3.05) is 6.61 Å². The van der Waals surface area contributed by atoms with Crippen LogP contribution in [0.5, 0.6) is 0 Å². The van der Waals surface area contributed by atoms with Gasteiger partial charge in [0.2, 0.25) is 6.36 Å². The molecular weight excluding hydrogens is 387 g/mol. The normalized spacial score (nSPS) is 30.6. The molecule has 0 saturated carbocycles. The number of halogens is 5. The Morgan fingerprint density at radius 2 is 1.52 bits per heavy atom. The van der Waals surface area contributed by atoms with E-state index in [9.17, 15) is 40.0 Å². The standard InChI is InChI=1S/C11H13F5O8S/c1-4(17)22-8-6(3-21-25(19,20)11(14,15)16)24-10(13)7(12)9(8)23-5(2)18/h6-10H,3H2,1-2H3/t6-,7-,8-,9-,10-/m1/s1. The fraction of sp³-hybridized carbons (Fsp3) is 0.818. The first-order valence-electron chi connectivity index (χ1n) is 6.50. The molecule has 8 nitrogen and oxygen atoms in total. The average molecular weight is 400 g/mol. The molecule has 1 heterocycles. The highest BCUT2D eigenvalue weighted by atomic mass is 32.2. The zero-order valence-electron chi connectivity index (χ0n) is 12.7. The molecule has 0 bridgehead atoms. The summed E-state index contributed by atoms with van der Waals surface area (Å²) in [6, 6.07) is 0. The second-order valence-corrected chi connectivity index (χ2v) is 6.41. The number of carbonyl (C=O) groups is 2. The first-order valence-corrected chi connectivity index (χ1v) is 7.91. The van der Waals surface area contributed by atoms with Gasteiger partial charge in [0.05, 0.1) is 6.61 Å².